The molecule has 3 aromatic rings. The highest BCUT2D eigenvalue weighted by Gasteiger charge is 2.23. The van der Waals surface area contributed by atoms with Gasteiger partial charge in [0.1, 0.15) is 5.82 Å². The number of rotatable bonds is 3. The number of nitrogens with one attached hydrogen (secondary N) is 1. The second-order valence-electron chi connectivity index (χ2n) is 6.95. The fourth-order valence-electron chi connectivity index (χ4n) is 3.69. The summed E-state index contributed by atoms with van der Waals surface area (Å²) in [6.45, 7) is 1.81. The van der Waals surface area contributed by atoms with Crippen LogP contribution in [0.1, 0.15) is 22.8 Å². The smallest absolute Gasteiger partial charge is 0.317 e. The van der Waals surface area contributed by atoms with E-state index < -0.39 is 0 Å². The molecule has 0 aromatic heterocycles. The van der Waals surface area contributed by atoms with Gasteiger partial charge in [0.2, 0.25) is 0 Å². The summed E-state index contributed by atoms with van der Waals surface area (Å²) >= 11 is 1.73. The maximum absolute atomic E-state index is 14.1. The van der Waals surface area contributed by atoms with Gasteiger partial charge in [-0.05, 0) is 28.8 Å². The minimum atomic E-state index is -0.158. The summed E-state index contributed by atoms with van der Waals surface area (Å²) in [7, 11) is 0. The maximum atomic E-state index is 14.1. The van der Waals surface area contributed by atoms with E-state index in [0.717, 1.165) is 28.7 Å². The fraction of sp³-hybridized carbons (Fsp3) is 0.261. The van der Waals surface area contributed by atoms with Crippen molar-refractivity contribution in [3.63, 3.8) is 0 Å². The summed E-state index contributed by atoms with van der Waals surface area (Å²) in [5, 5.41) is 5.49. The lowest BCUT2D eigenvalue weighted by Crippen LogP contribution is -2.40. The first-order valence-electron chi connectivity index (χ1n) is 9.58. The molecule has 0 saturated carbocycles. The van der Waals surface area contributed by atoms with Gasteiger partial charge in [0.15, 0.2) is 0 Å². The third-order valence-electron chi connectivity index (χ3n) is 5.19. The molecule has 0 bridgehead atoms. The Labute approximate surface area is 168 Å². The van der Waals surface area contributed by atoms with Crippen LogP contribution in [0.3, 0.4) is 0 Å². The minimum absolute atomic E-state index is 0.0530. The molecule has 4 rings (SSSR count). The van der Waals surface area contributed by atoms with Gasteiger partial charge >= 0.3 is 6.03 Å². The van der Waals surface area contributed by atoms with Crippen LogP contribution in [0.2, 0.25) is 0 Å². The number of urea groups is 1. The highest BCUT2D eigenvalue weighted by Crippen LogP contribution is 2.35. The quantitative estimate of drug-likeness (QED) is 0.648. The number of thioether (sulfide) groups is 1. The first-order valence-corrected chi connectivity index (χ1v) is 10.6. The van der Waals surface area contributed by atoms with Gasteiger partial charge in [0.05, 0.1) is 0 Å². The molecule has 28 heavy (non-hydrogen) atoms. The van der Waals surface area contributed by atoms with Crippen LogP contribution in [0.25, 0.3) is 10.8 Å². The maximum Gasteiger partial charge on any atom is 0.317 e. The average Bonchev–Trinajstić information content (AvgIpc) is 2.98. The topological polar surface area (TPSA) is 32.3 Å². The average molecular weight is 395 g/mol. The van der Waals surface area contributed by atoms with Gasteiger partial charge in [-0.25, -0.2) is 9.18 Å². The van der Waals surface area contributed by atoms with Crippen LogP contribution in [0.15, 0.2) is 66.7 Å². The summed E-state index contributed by atoms with van der Waals surface area (Å²) in [4.78, 5) is 14.5. The first kappa shape index (κ1) is 18.8. The van der Waals surface area contributed by atoms with E-state index in [0.29, 0.717) is 19.6 Å². The van der Waals surface area contributed by atoms with Crippen molar-refractivity contribution in [2.24, 2.45) is 0 Å². The Morgan fingerprint density at radius 1 is 1.04 bits per heavy atom. The summed E-state index contributed by atoms with van der Waals surface area (Å²) in [6.07, 6.45) is 0.757. The number of benzene rings is 3. The Bertz CT molecular complexity index is 972. The molecule has 1 aliphatic rings. The molecule has 1 aliphatic heterocycles. The molecule has 5 heteroatoms. The number of hydrogen-bond acceptors (Lipinski definition) is 2. The summed E-state index contributed by atoms with van der Waals surface area (Å²) in [5.41, 5.74) is 1.85. The predicted octanol–water partition coefficient (Wildman–Crippen LogP) is 5.37. The van der Waals surface area contributed by atoms with Crippen LogP contribution in [0, 0.1) is 5.82 Å². The van der Waals surface area contributed by atoms with Crippen molar-refractivity contribution in [2.45, 2.75) is 18.2 Å². The molecule has 3 nitrogen and oxygen atoms in total. The van der Waals surface area contributed by atoms with E-state index in [1.807, 2.05) is 35.2 Å². The zero-order valence-electron chi connectivity index (χ0n) is 15.6. The van der Waals surface area contributed by atoms with E-state index in [1.54, 1.807) is 17.8 Å². The predicted molar refractivity (Wildman–Crippen MR) is 114 cm³/mol. The van der Waals surface area contributed by atoms with Crippen LogP contribution in [0.4, 0.5) is 9.18 Å². The number of carbonyl (C=O) groups excluding carboxylic acids is 1. The van der Waals surface area contributed by atoms with Crippen LogP contribution in [-0.2, 0) is 6.54 Å². The Morgan fingerprint density at radius 3 is 2.71 bits per heavy atom. The molecule has 1 atom stereocenters. The number of nitrogens with zero attached hydrogens (tertiary/aromatic N) is 1. The molecular formula is C23H23FN2OS. The first-order chi connectivity index (χ1) is 13.7. The lowest BCUT2D eigenvalue weighted by molar-refractivity contribution is 0.200. The van der Waals surface area contributed by atoms with Gasteiger partial charge < -0.3 is 10.2 Å². The second kappa shape index (κ2) is 8.65. The monoisotopic (exact) mass is 394 g/mol. The van der Waals surface area contributed by atoms with E-state index in [-0.39, 0.29) is 17.1 Å². The number of fused-ring (bicyclic) bond motifs is 1. The Hall–Kier alpha value is -2.53. The van der Waals surface area contributed by atoms with Crippen molar-refractivity contribution < 1.29 is 9.18 Å². The number of amides is 2. The standard InChI is InChI=1S/C23H23FN2OS/c24-21-11-4-3-10-20(21)22-12-13-26(14-15-28-22)23(27)25-16-18-8-5-7-17-6-1-2-9-19(17)18/h1-11,22H,12-16H2,(H,25,27). The zero-order chi connectivity index (χ0) is 19.3. The Balaban J connectivity index is 1.38. The number of carbonyl (C=O) groups is 1. The van der Waals surface area contributed by atoms with Crippen molar-refractivity contribution in [1.82, 2.24) is 10.2 Å². The Morgan fingerprint density at radius 2 is 1.82 bits per heavy atom. The highest BCUT2D eigenvalue weighted by molar-refractivity contribution is 7.99. The number of hydrogen-bond donors (Lipinski definition) is 1. The van der Waals surface area contributed by atoms with E-state index in [2.05, 4.69) is 29.6 Å². The molecule has 144 valence electrons. The van der Waals surface area contributed by atoms with E-state index in [9.17, 15) is 9.18 Å². The second-order valence-corrected chi connectivity index (χ2v) is 8.26. The molecule has 1 saturated heterocycles. The van der Waals surface area contributed by atoms with E-state index in [1.165, 1.54) is 11.5 Å². The molecule has 1 N–H and O–H groups in total. The summed E-state index contributed by atoms with van der Waals surface area (Å²) in [5.74, 6) is 0.648. The lowest BCUT2D eigenvalue weighted by Gasteiger charge is -2.21. The molecule has 1 fully saturated rings. The van der Waals surface area contributed by atoms with Gasteiger partial charge in [0, 0.05) is 36.2 Å². The van der Waals surface area contributed by atoms with Crippen LogP contribution >= 0.6 is 11.8 Å². The molecule has 0 spiro atoms. The van der Waals surface area contributed by atoms with E-state index >= 15 is 0 Å². The van der Waals surface area contributed by atoms with Crippen LogP contribution < -0.4 is 5.32 Å². The zero-order valence-corrected chi connectivity index (χ0v) is 16.4. The fourth-order valence-corrected chi connectivity index (χ4v) is 4.94. The Kier molecular flexibility index (Phi) is 5.81. The SMILES string of the molecule is O=C(NCc1cccc2ccccc12)N1CCSC(c2ccccc2F)CC1. The molecule has 2 amide bonds. The molecular weight excluding hydrogens is 371 g/mol. The summed E-state index contributed by atoms with van der Waals surface area (Å²) in [6, 6.07) is 21.2. The normalized spacial score (nSPS) is 17.3. The minimum Gasteiger partial charge on any atom is -0.334 e. The largest absolute Gasteiger partial charge is 0.334 e. The van der Waals surface area contributed by atoms with Crippen LogP contribution in [0.5, 0.6) is 0 Å². The van der Waals surface area contributed by atoms with Gasteiger partial charge in [-0.3, -0.25) is 0 Å². The van der Waals surface area contributed by atoms with Gasteiger partial charge in [-0.1, -0.05) is 60.7 Å². The van der Waals surface area contributed by atoms with Gasteiger partial charge in [-0.15, -0.1) is 0 Å². The van der Waals surface area contributed by atoms with Crippen molar-refractivity contribution in [2.75, 3.05) is 18.8 Å². The van der Waals surface area contributed by atoms with Crippen molar-refractivity contribution in [1.29, 1.82) is 0 Å². The molecule has 0 aliphatic carbocycles. The van der Waals surface area contributed by atoms with Crippen molar-refractivity contribution >= 4 is 28.6 Å². The summed E-state index contributed by atoms with van der Waals surface area (Å²) < 4.78 is 14.1. The highest BCUT2D eigenvalue weighted by atomic mass is 32.2. The molecule has 0 radical (unpaired) electrons. The number of halogens is 1. The molecule has 3 aromatic carbocycles. The van der Waals surface area contributed by atoms with Crippen molar-refractivity contribution in [3.8, 4) is 0 Å². The lowest BCUT2D eigenvalue weighted by atomic mass is 10.0. The van der Waals surface area contributed by atoms with Gasteiger partial charge in [0.25, 0.3) is 0 Å². The third kappa shape index (κ3) is 4.14. The van der Waals surface area contributed by atoms with Gasteiger partial charge in [-0.2, -0.15) is 11.8 Å². The third-order valence-corrected chi connectivity index (χ3v) is 6.50. The van der Waals surface area contributed by atoms with Crippen molar-refractivity contribution in [3.05, 3.63) is 83.7 Å². The molecule has 1 heterocycles. The van der Waals surface area contributed by atoms with E-state index in [4.69, 9.17) is 0 Å². The molecule has 1 unspecified atom stereocenters. The van der Waals surface area contributed by atoms with Crippen LogP contribution in [-0.4, -0.2) is 29.8 Å².